The van der Waals surface area contributed by atoms with Crippen LogP contribution >= 0.6 is 0 Å². The Morgan fingerprint density at radius 1 is 1.39 bits per heavy atom. The highest BCUT2D eigenvalue weighted by Gasteiger charge is 2.37. The number of hydrogen-bond donors (Lipinski definition) is 1. The molecule has 0 spiro atoms. The van der Waals surface area contributed by atoms with E-state index < -0.39 is 11.9 Å². The number of amides is 2. The first-order chi connectivity index (χ1) is 10.9. The van der Waals surface area contributed by atoms with Crippen LogP contribution in [0.4, 0.5) is 4.39 Å². The summed E-state index contributed by atoms with van der Waals surface area (Å²) in [5.41, 5.74) is 6.24. The molecule has 1 heterocycles. The Morgan fingerprint density at radius 3 is 2.61 bits per heavy atom. The van der Waals surface area contributed by atoms with Crippen LogP contribution in [0.15, 0.2) is 24.3 Å². The van der Waals surface area contributed by atoms with Crippen molar-refractivity contribution in [3.05, 3.63) is 35.6 Å². The maximum absolute atomic E-state index is 12.9. The van der Waals surface area contributed by atoms with E-state index in [1.54, 1.807) is 36.1 Å². The molecule has 126 valence electrons. The van der Waals surface area contributed by atoms with E-state index in [9.17, 15) is 14.0 Å². The summed E-state index contributed by atoms with van der Waals surface area (Å²) in [6, 6.07) is 5.52. The fourth-order valence-electron chi connectivity index (χ4n) is 2.75. The Balaban J connectivity index is 1.94. The average molecular weight is 323 g/mol. The van der Waals surface area contributed by atoms with Crippen molar-refractivity contribution in [1.29, 1.82) is 0 Å². The molecule has 1 aliphatic heterocycles. The van der Waals surface area contributed by atoms with Gasteiger partial charge in [-0.2, -0.15) is 0 Å². The maximum atomic E-state index is 12.9. The van der Waals surface area contributed by atoms with Crippen LogP contribution in [0.5, 0.6) is 0 Å². The third-order valence-corrected chi connectivity index (χ3v) is 4.12. The lowest BCUT2D eigenvalue weighted by molar-refractivity contribution is -0.133. The molecular formula is C16H22FN3O3. The number of nitrogens with zero attached hydrogens (tertiary/aromatic N) is 2. The van der Waals surface area contributed by atoms with Crippen LogP contribution < -0.4 is 5.73 Å². The fraction of sp³-hybridized carbons (Fsp3) is 0.500. The first kappa shape index (κ1) is 17.4. The van der Waals surface area contributed by atoms with E-state index in [-0.39, 0.29) is 24.4 Å². The van der Waals surface area contributed by atoms with Crippen LogP contribution in [0.3, 0.4) is 0 Å². The van der Waals surface area contributed by atoms with Gasteiger partial charge in [0.25, 0.3) is 0 Å². The molecular weight excluding hydrogens is 301 g/mol. The van der Waals surface area contributed by atoms with E-state index >= 15 is 0 Å². The molecule has 2 atom stereocenters. The van der Waals surface area contributed by atoms with Crippen LogP contribution in [0.1, 0.15) is 12.0 Å². The number of rotatable bonds is 6. The molecule has 0 radical (unpaired) electrons. The smallest absolute Gasteiger partial charge is 0.236 e. The van der Waals surface area contributed by atoms with E-state index in [0.29, 0.717) is 19.5 Å². The van der Waals surface area contributed by atoms with Crippen molar-refractivity contribution in [2.75, 3.05) is 27.2 Å². The van der Waals surface area contributed by atoms with E-state index in [1.807, 2.05) is 0 Å². The van der Waals surface area contributed by atoms with Gasteiger partial charge in [-0.15, -0.1) is 0 Å². The normalized spacial score (nSPS) is 21.3. The van der Waals surface area contributed by atoms with Gasteiger partial charge in [-0.05, 0) is 24.1 Å². The second-order valence-electron chi connectivity index (χ2n) is 5.82. The van der Waals surface area contributed by atoms with E-state index in [4.69, 9.17) is 10.5 Å². The first-order valence-electron chi connectivity index (χ1n) is 7.45. The van der Waals surface area contributed by atoms with Crippen LogP contribution in [-0.2, 0) is 20.9 Å². The van der Waals surface area contributed by atoms with Crippen molar-refractivity contribution in [2.45, 2.75) is 25.1 Å². The summed E-state index contributed by atoms with van der Waals surface area (Å²) < 4.78 is 18.2. The Hall–Kier alpha value is -1.99. The van der Waals surface area contributed by atoms with Crippen molar-refractivity contribution in [3.8, 4) is 0 Å². The van der Waals surface area contributed by atoms with Crippen LogP contribution in [0.2, 0.25) is 0 Å². The first-order valence-corrected chi connectivity index (χ1v) is 7.45. The van der Waals surface area contributed by atoms with E-state index in [1.165, 1.54) is 12.1 Å². The van der Waals surface area contributed by atoms with Gasteiger partial charge in [-0.3, -0.25) is 14.5 Å². The second-order valence-corrected chi connectivity index (χ2v) is 5.82. The third kappa shape index (κ3) is 4.49. The molecule has 1 fully saturated rings. The average Bonchev–Trinajstić information content (AvgIpc) is 2.92. The Bertz CT molecular complexity index is 564. The number of methoxy groups -OCH3 is 1. The lowest BCUT2D eigenvalue weighted by Crippen LogP contribution is -2.45. The fourth-order valence-corrected chi connectivity index (χ4v) is 2.75. The van der Waals surface area contributed by atoms with Gasteiger partial charge in [0.2, 0.25) is 11.8 Å². The number of hydrogen-bond acceptors (Lipinski definition) is 4. The zero-order valence-corrected chi connectivity index (χ0v) is 13.4. The van der Waals surface area contributed by atoms with Crippen molar-refractivity contribution in [2.24, 2.45) is 5.73 Å². The molecule has 1 saturated heterocycles. The summed E-state index contributed by atoms with van der Waals surface area (Å²) in [4.78, 5) is 27.2. The molecule has 2 amide bonds. The van der Waals surface area contributed by atoms with Gasteiger partial charge in [0.1, 0.15) is 5.82 Å². The Kier molecular flexibility index (Phi) is 5.68. The van der Waals surface area contributed by atoms with Crippen molar-refractivity contribution < 1.29 is 18.7 Å². The zero-order valence-electron chi connectivity index (χ0n) is 13.4. The van der Waals surface area contributed by atoms with Gasteiger partial charge in [0, 0.05) is 27.2 Å². The highest BCUT2D eigenvalue weighted by molar-refractivity contribution is 5.82. The van der Waals surface area contributed by atoms with Crippen LogP contribution in [0, 0.1) is 5.82 Å². The number of nitrogens with two attached hydrogens (primary N) is 1. The molecule has 0 aliphatic carbocycles. The quantitative estimate of drug-likeness (QED) is 0.820. The minimum atomic E-state index is -0.483. The second kappa shape index (κ2) is 7.52. The maximum Gasteiger partial charge on any atom is 0.236 e. The predicted molar refractivity (Wildman–Crippen MR) is 82.8 cm³/mol. The highest BCUT2D eigenvalue weighted by Crippen LogP contribution is 2.19. The van der Waals surface area contributed by atoms with Crippen molar-refractivity contribution >= 4 is 11.8 Å². The summed E-state index contributed by atoms with van der Waals surface area (Å²) in [5, 5.41) is 0. The molecule has 1 aromatic carbocycles. The van der Waals surface area contributed by atoms with Gasteiger partial charge >= 0.3 is 0 Å². The number of carbonyl (C=O) groups is 2. The van der Waals surface area contributed by atoms with Crippen molar-refractivity contribution in [3.63, 3.8) is 0 Å². The largest absolute Gasteiger partial charge is 0.380 e. The highest BCUT2D eigenvalue weighted by atomic mass is 19.1. The monoisotopic (exact) mass is 323 g/mol. The summed E-state index contributed by atoms with van der Waals surface area (Å²) >= 11 is 0. The lowest BCUT2D eigenvalue weighted by Gasteiger charge is -2.24. The molecule has 0 aromatic heterocycles. The standard InChI is InChI=1S/C16H22FN3O3/c1-19(8-11-3-5-12(17)6-4-11)15(21)10-20-9-13(23-2)7-14(20)16(18)22/h3-6,13-14H,7-10H2,1-2H3,(H2,18,22)/t13-,14-/m0/s1. The molecule has 0 unspecified atom stereocenters. The van der Waals surface area contributed by atoms with Crippen LogP contribution in [0.25, 0.3) is 0 Å². The number of halogens is 1. The molecule has 1 aliphatic rings. The summed E-state index contributed by atoms with van der Waals surface area (Å²) in [6.07, 6.45) is 0.406. The molecule has 0 saturated carbocycles. The number of likely N-dealkylation sites (tertiary alicyclic amines) is 1. The van der Waals surface area contributed by atoms with Gasteiger partial charge in [0.05, 0.1) is 18.7 Å². The van der Waals surface area contributed by atoms with E-state index in [0.717, 1.165) is 5.56 Å². The minimum Gasteiger partial charge on any atom is -0.380 e. The summed E-state index contributed by atoms with van der Waals surface area (Å²) in [5.74, 6) is -0.884. The number of likely N-dealkylation sites (N-methyl/N-ethyl adjacent to an activating group) is 1. The molecule has 1 aromatic rings. The van der Waals surface area contributed by atoms with Crippen molar-refractivity contribution in [1.82, 2.24) is 9.80 Å². The predicted octanol–water partition coefficient (Wildman–Crippen LogP) is 0.359. The molecule has 0 bridgehead atoms. The van der Waals surface area contributed by atoms with Gasteiger partial charge in [-0.25, -0.2) is 4.39 Å². The molecule has 23 heavy (non-hydrogen) atoms. The molecule has 7 heteroatoms. The Labute approximate surface area is 135 Å². The molecule has 6 nitrogen and oxygen atoms in total. The Morgan fingerprint density at radius 2 is 2.04 bits per heavy atom. The molecule has 2 N–H and O–H groups in total. The SMILES string of the molecule is CO[C@H]1C[C@@H](C(N)=O)N(CC(=O)N(C)Cc2ccc(F)cc2)C1. The lowest BCUT2D eigenvalue weighted by atomic mass is 10.2. The van der Waals surface area contributed by atoms with Gasteiger partial charge < -0.3 is 15.4 Å². The summed E-state index contributed by atoms with van der Waals surface area (Å²) in [6.45, 7) is 0.979. The number of benzene rings is 1. The van der Waals surface area contributed by atoms with Gasteiger partial charge in [0.15, 0.2) is 0 Å². The zero-order chi connectivity index (χ0) is 17.0. The number of carbonyl (C=O) groups excluding carboxylic acids is 2. The van der Waals surface area contributed by atoms with Crippen LogP contribution in [-0.4, -0.2) is 61.0 Å². The minimum absolute atomic E-state index is 0.0947. The van der Waals surface area contributed by atoms with E-state index in [2.05, 4.69) is 0 Å². The number of primary amides is 1. The third-order valence-electron chi connectivity index (χ3n) is 4.12. The van der Waals surface area contributed by atoms with Gasteiger partial charge in [-0.1, -0.05) is 12.1 Å². The number of ether oxygens (including phenoxy) is 1. The topological polar surface area (TPSA) is 75.9 Å². The molecule has 2 rings (SSSR count). The summed E-state index contributed by atoms with van der Waals surface area (Å²) in [7, 11) is 3.25.